The first-order valence-corrected chi connectivity index (χ1v) is 7.58. The molecule has 1 N–H and O–H groups in total. The predicted octanol–water partition coefficient (Wildman–Crippen LogP) is 5.21. The number of anilines is 1. The molecule has 0 spiro atoms. The van der Waals surface area contributed by atoms with Crippen LogP contribution in [0, 0.1) is 6.92 Å². The van der Waals surface area contributed by atoms with Crippen molar-refractivity contribution < 1.29 is 4.42 Å². The van der Waals surface area contributed by atoms with Crippen LogP contribution < -0.4 is 5.32 Å². The van der Waals surface area contributed by atoms with E-state index in [0.717, 1.165) is 23.4 Å². The second-order valence-corrected chi connectivity index (χ2v) is 5.46. The average Bonchev–Trinajstić information content (AvgIpc) is 3.08. The standard InChI is InChI=1S/C19H20N2O/c1-3-18(15-9-7-14(2)8-10-15)21-17-6-4-5-16(11-17)19-12-20-13-22-19/h4-13,18,21H,3H2,1-2H3. The van der Waals surface area contributed by atoms with Crippen molar-refractivity contribution in [1.29, 1.82) is 0 Å². The van der Waals surface area contributed by atoms with Crippen molar-refractivity contribution in [3.8, 4) is 11.3 Å². The minimum absolute atomic E-state index is 0.297. The fraction of sp³-hybridized carbons (Fsp3) is 0.211. The van der Waals surface area contributed by atoms with Crippen molar-refractivity contribution in [2.75, 3.05) is 5.32 Å². The van der Waals surface area contributed by atoms with Crippen molar-refractivity contribution in [3.05, 3.63) is 72.2 Å². The monoisotopic (exact) mass is 292 g/mol. The zero-order chi connectivity index (χ0) is 15.4. The van der Waals surface area contributed by atoms with Crippen LogP contribution in [0.25, 0.3) is 11.3 Å². The number of benzene rings is 2. The Kier molecular flexibility index (Phi) is 4.24. The molecular formula is C19H20N2O. The minimum Gasteiger partial charge on any atom is -0.444 e. The number of hydrogen-bond donors (Lipinski definition) is 1. The number of aryl methyl sites for hydroxylation is 1. The molecule has 0 aliphatic carbocycles. The highest BCUT2D eigenvalue weighted by atomic mass is 16.3. The number of oxazole rings is 1. The van der Waals surface area contributed by atoms with E-state index in [0.29, 0.717) is 6.04 Å². The van der Waals surface area contributed by atoms with E-state index in [-0.39, 0.29) is 0 Å². The Labute approximate surface area is 131 Å². The Morgan fingerprint density at radius 2 is 1.95 bits per heavy atom. The molecule has 1 atom stereocenters. The maximum atomic E-state index is 5.36. The van der Waals surface area contributed by atoms with E-state index in [9.17, 15) is 0 Å². The van der Waals surface area contributed by atoms with E-state index >= 15 is 0 Å². The third kappa shape index (κ3) is 3.19. The number of hydrogen-bond acceptors (Lipinski definition) is 3. The van der Waals surface area contributed by atoms with E-state index < -0.39 is 0 Å². The van der Waals surface area contributed by atoms with Crippen LogP contribution in [0.5, 0.6) is 0 Å². The third-order valence-corrected chi connectivity index (χ3v) is 3.81. The summed E-state index contributed by atoms with van der Waals surface area (Å²) >= 11 is 0. The molecule has 0 saturated carbocycles. The van der Waals surface area contributed by atoms with E-state index in [1.807, 2.05) is 12.1 Å². The van der Waals surface area contributed by atoms with Crippen LogP contribution in [0.4, 0.5) is 5.69 Å². The first-order valence-electron chi connectivity index (χ1n) is 7.58. The molecule has 112 valence electrons. The Bertz CT molecular complexity index is 717. The average molecular weight is 292 g/mol. The van der Waals surface area contributed by atoms with Gasteiger partial charge >= 0.3 is 0 Å². The van der Waals surface area contributed by atoms with Gasteiger partial charge in [0.15, 0.2) is 12.2 Å². The molecule has 22 heavy (non-hydrogen) atoms. The molecule has 3 aromatic rings. The number of rotatable bonds is 5. The van der Waals surface area contributed by atoms with Crippen molar-refractivity contribution in [3.63, 3.8) is 0 Å². The summed E-state index contributed by atoms with van der Waals surface area (Å²) in [5.41, 5.74) is 4.70. The van der Waals surface area contributed by atoms with Gasteiger partial charge in [-0.1, -0.05) is 48.9 Å². The molecule has 1 unspecified atom stereocenters. The molecule has 0 fully saturated rings. The Hall–Kier alpha value is -2.55. The zero-order valence-corrected chi connectivity index (χ0v) is 12.9. The lowest BCUT2D eigenvalue weighted by atomic mass is 10.0. The first kappa shape index (κ1) is 14.4. The van der Waals surface area contributed by atoms with Gasteiger partial charge in [0, 0.05) is 11.3 Å². The highest BCUT2D eigenvalue weighted by Crippen LogP contribution is 2.26. The van der Waals surface area contributed by atoms with Gasteiger partial charge in [-0.2, -0.15) is 0 Å². The van der Waals surface area contributed by atoms with Gasteiger partial charge in [-0.15, -0.1) is 0 Å². The summed E-state index contributed by atoms with van der Waals surface area (Å²) < 4.78 is 5.36. The van der Waals surface area contributed by atoms with Crippen LogP contribution in [0.15, 0.2) is 65.5 Å². The predicted molar refractivity (Wildman–Crippen MR) is 89.8 cm³/mol. The summed E-state index contributed by atoms with van der Waals surface area (Å²) in [6.07, 6.45) is 4.21. The third-order valence-electron chi connectivity index (χ3n) is 3.81. The van der Waals surface area contributed by atoms with Crippen molar-refractivity contribution in [2.24, 2.45) is 0 Å². The number of nitrogens with zero attached hydrogens (tertiary/aromatic N) is 1. The largest absolute Gasteiger partial charge is 0.444 e. The van der Waals surface area contributed by atoms with Crippen LogP contribution in [0.2, 0.25) is 0 Å². The zero-order valence-electron chi connectivity index (χ0n) is 12.9. The Morgan fingerprint density at radius 3 is 2.64 bits per heavy atom. The van der Waals surface area contributed by atoms with Crippen molar-refractivity contribution >= 4 is 5.69 Å². The van der Waals surface area contributed by atoms with E-state index in [2.05, 4.69) is 60.5 Å². The topological polar surface area (TPSA) is 38.1 Å². The molecule has 1 aromatic heterocycles. The first-order chi connectivity index (χ1) is 10.8. The molecule has 1 heterocycles. The fourth-order valence-electron chi connectivity index (χ4n) is 2.54. The van der Waals surface area contributed by atoms with Gasteiger partial charge in [0.2, 0.25) is 0 Å². The van der Waals surface area contributed by atoms with Gasteiger partial charge in [-0.3, -0.25) is 0 Å². The van der Waals surface area contributed by atoms with Crippen LogP contribution in [-0.2, 0) is 0 Å². The molecular weight excluding hydrogens is 272 g/mol. The Balaban J connectivity index is 1.82. The van der Waals surface area contributed by atoms with Crippen LogP contribution >= 0.6 is 0 Å². The molecule has 0 saturated heterocycles. The second-order valence-electron chi connectivity index (χ2n) is 5.46. The summed E-state index contributed by atoms with van der Waals surface area (Å²) in [7, 11) is 0. The molecule has 3 rings (SSSR count). The fourth-order valence-corrected chi connectivity index (χ4v) is 2.54. The normalized spacial score (nSPS) is 12.1. The van der Waals surface area contributed by atoms with Gasteiger partial charge in [0.05, 0.1) is 12.2 Å². The van der Waals surface area contributed by atoms with Gasteiger partial charge in [-0.25, -0.2) is 4.98 Å². The van der Waals surface area contributed by atoms with Gasteiger partial charge < -0.3 is 9.73 Å². The Morgan fingerprint density at radius 1 is 1.14 bits per heavy atom. The lowest BCUT2D eigenvalue weighted by molar-refractivity contribution is 0.572. The van der Waals surface area contributed by atoms with Crippen molar-refractivity contribution in [1.82, 2.24) is 4.98 Å². The van der Waals surface area contributed by atoms with Crippen LogP contribution in [-0.4, -0.2) is 4.98 Å². The molecule has 0 aliphatic heterocycles. The quantitative estimate of drug-likeness (QED) is 0.701. The second kappa shape index (κ2) is 6.48. The SMILES string of the molecule is CCC(Nc1cccc(-c2cnco2)c1)c1ccc(C)cc1. The summed E-state index contributed by atoms with van der Waals surface area (Å²) in [5, 5.41) is 3.60. The molecule has 3 nitrogen and oxygen atoms in total. The van der Waals surface area contributed by atoms with Gasteiger partial charge in [0.25, 0.3) is 0 Å². The molecule has 2 aromatic carbocycles. The van der Waals surface area contributed by atoms with Crippen LogP contribution in [0.3, 0.4) is 0 Å². The van der Waals surface area contributed by atoms with E-state index in [1.54, 1.807) is 6.20 Å². The summed E-state index contributed by atoms with van der Waals surface area (Å²) in [5.74, 6) is 0.784. The molecule has 0 bridgehead atoms. The summed E-state index contributed by atoms with van der Waals surface area (Å²) in [6, 6.07) is 17.2. The van der Waals surface area contributed by atoms with Crippen molar-refractivity contribution in [2.45, 2.75) is 26.3 Å². The number of nitrogens with one attached hydrogen (secondary N) is 1. The van der Waals surface area contributed by atoms with Crippen LogP contribution in [0.1, 0.15) is 30.5 Å². The molecule has 0 amide bonds. The number of aromatic nitrogens is 1. The summed E-state index contributed by atoms with van der Waals surface area (Å²) in [4.78, 5) is 3.97. The van der Waals surface area contributed by atoms with Gasteiger partial charge in [0.1, 0.15) is 0 Å². The maximum absolute atomic E-state index is 5.36. The minimum atomic E-state index is 0.297. The van der Waals surface area contributed by atoms with E-state index in [4.69, 9.17) is 4.42 Å². The lowest BCUT2D eigenvalue weighted by Crippen LogP contribution is -2.09. The molecule has 3 heteroatoms. The molecule has 0 aliphatic rings. The highest BCUT2D eigenvalue weighted by Gasteiger charge is 2.10. The maximum Gasteiger partial charge on any atom is 0.181 e. The summed E-state index contributed by atoms with van der Waals surface area (Å²) in [6.45, 7) is 4.30. The highest BCUT2D eigenvalue weighted by molar-refractivity contribution is 5.63. The lowest BCUT2D eigenvalue weighted by Gasteiger charge is -2.19. The molecule has 0 radical (unpaired) electrons. The smallest absolute Gasteiger partial charge is 0.181 e. The van der Waals surface area contributed by atoms with Gasteiger partial charge in [-0.05, 0) is 31.0 Å². The van der Waals surface area contributed by atoms with E-state index in [1.165, 1.54) is 17.5 Å².